The van der Waals surface area contributed by atoms with Crippen LogP contribution < -0.4 is 10.4 Å². The fourth-order valence-corrected chi connectivity index (χ4v) is 2.98. The molecule has 3 rings (SSSR count). The van der Waals surface area contributed by atoms with Crippen molar-refractivity contribution < 1.29 is 0 Å². The van der Waals surface area contributed by atoms with Gasteiger partial charge in [0.1, 0.15) is 0 Å². The van der Waals surface area contributed by atoms with Crippen molar-refractivity contribution in [1.29, 1.82) is 0 Å². The summed E-state index contributed by atoms with van der Waals surface area (Å²) in [6.07, 6.45) is 5.18. The minimum Gasteiger partial charge on any atom is -0.281 e. The van der Waals surface area contributed by atoms with Gasteiger partial charge < -0.3 is 0 Å². The number of aryl methyl sites for hydroxylation is 1. The number of hydrogen-bond acceptors (Lipinski definition) is 2. The maximum absolute atomic E-state index is 3.60. The number of anilines is 1. The van der Waals surface area contributed by atoms with Crippen LogP contribution >= 0.6 is 0 Å². The number of rotatable bonds is 1. The van der Waals surface area contributed by atoms with E-state index in [1.807, 2.05) is 0 Å². The Morgan fingerprint density at radius 3 is 2.88 bits per heavy atom. The fraction of sp³-hybridized carbons (Fsp3) is 0.467. The average molecular weight is 228 g/mol. The molecule has 1 aliphatic carbocycles. The minimum atomic E-state index is 0.505. The molecule has 0 saturated carbocycles. The second-order valence-electron chi connectivity index (χ2n) is 5.20. The molecular formula is C15H20N2. The highest BCUT2D eigenvalue weighted by atomic mass is 15.5. The topological polar surface area (TPSA) is 15.3 Å². The Balaban J connectivity index is 1.97. The van der Waals surface area contributed by atoms with Gasteiger partial charge in [-0.05, 0) is 62.8 Å². The Bertz CT molecular complexity index is 462. The maximum Gasteiger partial charge on any atom is 0.0576 e. The standard InChI is InChI=1S/C15H20N2/c1-11-6-5-7-13(10-11)17-15-9-4-3-8-14(15)12(2)16-17/h5-7,10,12,16H,3-4,8-9H2,1-2H3. The Morgan fingerprint density at radius 1 is 1.24 bits per heavy atom. The third kappa shape index (κ3) is 1.87. The highest BCUT2D eigenvalue weighted by Crippen LogP contribution is 2.36. The lowest BCUT2D eigenvalue weighted by Gasteiger charge is -2.24. The lowest BCUT2D eigenvalue weighted by Crippen LogP contribution is -2.36. The second kappa shape index (κ2) is 4.19. The van der Waals surface area contributed by atoms with E-state index in [0.29, 0.717) is 6.04 Å². The fourth-order valence-electron chi connectivity index (χ4n) is 2.98. The van der Waals surface area contributed by atoms with Gasteiger partial charge in [0.2, 0.25) is 0 Å². The van der Waals surface area contributed by atoms with Gasteiger partial charge in [-0.1, -0.05) is 12.1 Å². The molecule has 0 radical (unpaired) electrons. The zero-order valence-corrected chi connectivity index (χ0v) is 10.7. The molecule has 1 aromatic rings. The zero-order valence-electron chi connectivity index (χ0n) is 10.7. The molecule has 1 atom stereocenters. The Morgan fingerprint density at radius 2 is 2.06 bits per heavy atom. The summed E-state index contributed by atoms with van der Waals surface area (Å²) < 4.78 is 0. The van der Waals surface area contributed by atoms with Gasteiger partial charge in [0.15, 0.2) is 0 Å². The molecule has 1 heterocycles. The van der Waals surface area contributed by atoms with E-state index in [0.717, 1.165) is 0 Å². The van der Waals surface area contributed by atoms with Crippen molar-refractivity contribution in [3.8, 4) is 0 Å². The normalized spacial score (nSPS) is 24.1. The monoisotopic (exact) mass is 228 g/mol. The van der Waals surface area contributed by atoms with Crippen LogP contribution in [0.15, 0.2) is 35.5 Å². The van der Waals surface area contributed by atoms with Crippen molar-refractivity contribution in [2.45, 2.75) is 45.6 Å². The molecule has 0 spiro atoms. The van der Waals surface area contributed by atoms with Gasteiger partial charge in [0.25, 0.3) is 0 Å². The van der Waals surface area contributed by atoms with E-state index in [4.69, 9.17) is 0 Å². The average Bonchev–Trinajstić information content (AvgIpc) is 2.68. The molecule has 90 valence electrons. The van der Waals surface area contributed by atoms with Crippen LogP contribution in [0, 0.1) is 6.92 Å². The van der Waals surface area contributed by atoms with Crippen LogP contribution in [0.25, 0.3) is 0 Å². The Kier molecular flexibility index (Phi) is 2.67. The van der Waals surface area contributed by atoms with Crippen LogP contribution in [-0.2, 0) is 0 Å². The van der Waals surface area contributed by atoms with Gasteiger partial charge in [-0.25, -0.2) is 5.43 Å². The van der Waals surface area contributed by atoms with E-state index in [9.17, 15) is 0 Å². The first-order chi connectivity index (χ1) is 8.25. The summed E-state index contributed by atoms with van der Waals surface area (Å²) in [4.78, 5) is 0. The number of allylic oxidation sites excluding steroid dienone is 1. The van der Waals surface area contributed by atoms with Gasteiger partial charge in [0.05, 0.1) is 5.69 Å². The van der Waals surface area contributed by atoms with Crippen molar-refractivity contribution >= 4 is 5.69 Å². The van der Waals surface area contributed by atoms with Crippen LogP contribution in [0.4, 0.5) is 5.69 Å². The number of benzene rings is 1. The van der Waals surface area contributed by atoms with Crippen molar-refractivity contribution in [1.82, 2.24) is 5.43 Å². The number of nitrogens with one attached hydrogen (secondary N) is 1. The second-order valence-corrected chi connectivity index (χ2v) is 5.20. The van der Waals surface area contributed by atoms with E-state index in [1.54, 1.807) is 5.57 Å². The van der Waals surface area contributed by atoms with E-state index in [2.05, 4.69) is 48.5 Å². The predicted octanol–water partition coefficient (Wildman–Crippen LogP) is 3.54. The summed E-state index contributed by atoms with van der Waals surface area (Å²) in [5, 5.41) is 2.31. The van der Waals surface area contributed by atoms with Gasteiger partial charge in [-0.3, -0.25) is 5.01 Å². The summed E-state index contributed by atoms with van der Waals surface area (Å²) >= 11 is 0. The molecule has 2 aliphatic rings. The molecule has 0 aromatic heterocycles. The SMILES string of the molecule is Cc1cccc(N2NC(C)C3=C2CCCC3)c1. The quantitative estimate of drug-likeness (QED) is 0.791. The molecule has 0 saturated heterocycles. The summed E-state index contributed by atoms with van der Waals surface area (Å²) in [5.74, 6) is 0. The van der Waals surface area contributed by atoms with Crippen LogP contribution in [-0.4, -0.2) is 6.04 Å². The molecule has 17 heavy (non-hydrogen) atoms. The Labute approximate surface area is 103 Å². The maximum atomic E-state index is 3.60. The molecular weight excluding hydrogens is 208 g/mol. The smallest absolute Gasteiger partial charge is 0.0576 e. The van der Waals surface area contributed by atoms with Crippen LogP contribution in [0.2, 0.25) is 0 Å². The Hall–Kier alpha value is -1.28. The molecule has 2 heteroatoms. The first-order valence-corrected chi connectivity index (χ1v) is 6.60. The third-order valence-corrected chi connectivity index (χ3v) is 3.86. The van der Waals surface area contributed by atoms with Gasteiger partial charge >= 0.3 is 0 Å². The number of hydrazine groups is 1. The highest BCUT2D eigenvalue weighted by Gasteiger charge is 2.30. The molecule has 2 nitrogen and oxygen atoms in total. The molecule has 1 aromatic carbocycles. The highest BCUT2D eigenvalue weighted by molar-refractivity contribution is 5.56. The summed E-state index contributed by atoms with van der Waals surface area (Å²) in [5.41, 5.74) is 9.35. The van der Waals surface area contributed by atoms with Gasteiger partial charge in [-0.2, -0.15) is 0 Å². The number of hydrogen-bond donors (Lipinski definition) is 1. The van der Waals surface area contributed by atoms with Crippen molar-refractivity contribution in [2.75, 3.05) is 5.01 Å². The lowest BCUT2D eigenvalue weighted by atomic mass is 9.93. The van der Waals surface area contributed by atoms with Gasteiger partial charge in [0, 0.05) is 11.7 Å². The molecule has 1 unspecified atom stereocenters. The summed E-state index contributed by atoms with van der Waals surface area (Å²) in [6.45, 7) is 4.43. The van der Waals surface area contributed by atoms with Crippen molar-refractivity contribution in [3.63, 3.8) is 0 Å². The van der Waals surface area contributed by atoms with Crippen molar-refractivity contribution in [3.05, 3.63) is 41.1 Å². The van der Waals surface area contributed by atoms with Gasteiger partial charge in [-0.15, -0.1) is 0 Å². The lowest BCUT2D eigenvalue weighted by molar-refractivity contribution is 0.639. The summed E-state index contributed by atoms with van der Waals surface area (Å²) in [7, 11) is 0. The predicted molar refractivity (Wildman–Crippen MR) is 71.7 cm³/mol. The first kappa shape index (κ1) is 10.8. The van der Waals surface area contributed by atoms with Crippen LogP contribution in [0.5, 0.6) is 0 Å². The zero-order chi connectivity index (χ0) is 11.8. The summed E-state index contributed by atoms with van der Waals surface area (Å²) in [6, 6.07) is 9.24. The number of nitrogens with zero attached hydrogens (tertiary/aromatic N) is 1. The van der Waals surface area contributed by atoms with E-state index >= 15 is 0 Å². The van der Waals surface area contributed by atoms with Crippen LogP contribution in [0.3, 0.4) is 0 Å². The van der Waals surface area contributed by atoms with Crippen molar-refractivity contribution in [2.24, 2.45) is 0 Å². The minimum absolute atomic E-state index is 0.505. The molecule has 0 bridgehead atoms. The van der Waals surface area contributed by atoms with E-state index < -0.39 is 0 Å². The largest absolute Gasteiger partial charge is 0.281 e. The van der Waals surface area contributed by atoms with E-state index in [1.165, 1.54) is 42.6 Å². The molecule has 1 aliphatic heterocycles. The molecule has 0 amide bonds. The third-order valence-electron chi connectivity index (χ3n) is 3.86. The molecule has 0 fully saturated rings. The first-order valence-electron chi connectivity index (χ1n) is 6.60. The molecule has 1 N–H and O–H groups in total. The van der Waals surface area contributed by atoms with Crippen LogP contribution in [0.1, 0.15) is 38.2 Å². The van der Waals surface area contributed by atoms with E-state index in [-0.39, 0.29) is 0 Å².